The van der Waals surface area contributed by atoms with Gasteiger partial charge in [-0.05, 0) is 6.92 Å². The van der Waals surface area contributed by atoms with Crippen LogP contribution in [0, 0.1) is 17.5 Å². The number of nitrogens with zero attached hydrogens (tertiary/aromatic N) is 2. The summed E-state index contributed by atoms with van der Waals surface area (Å²) in [6.07, 6.45) is 0. The maximum atomic E-state index is 13.3. The van der Waals surface area contributed by atoms with Crippen LogP contribution in [0.25, 0.3) is 0 Å². The van der Waals surface area contributed by atoms with E-state index < -0.39 is 22.8 Å². The second kappa shape index (κ2) is 4.85. The topological polar surface area (TPSA) is 51.0 Å². The summed E-state index contributed by atoms with van der Waals surface area (Å²) in [4.78, 5) is 0. The molecule has 18 heavy (non-hydrogen) atoms. The molecule has 1 aromatic heterocycles. The third-order valence-electron chi connectivity index (χ3n) is 2.03. The third kappa shape index (κ3) is 2.56. The molecule has 0 bridgehead atoms. The summed E-state index contributed by atoms with van der Waals surface area (Å²) in [7, 11) is 0. The first-order valence-corrected chi connectivity index (χ1v) is 5.30. The number of aromatic nitrogens is 2. The van der Waals surface area contributed by atoms with Crippen molar-refractivity contribution in [3.63, 3.8) is 0 Å². The van der Waals surface area contributed by atoms with E-state index in [9.17, 15) is 13.2 Å². The van der Waals surface area contributed by atoms with Gasteiger partial charge in [0.15, 0.2) is 11.6 Å². The standard InChI is InChI=1S/C10H7ClF3N3O/c1-4(11)9-16-17-10(18-9)15-8-3-6(13)5(12)2-7(8)14/h2-4H,1H3,(H,15,17). The van der Waals surface area contributed by atoms with E-state index in [1.54, 1.807) is 6.92 Å². The second-order valence-corrected chi connectivity index (χ2v) is 4.09. The Bertz CT molecular complexity index is 573. The molecule has 0 aliphatic rings. The lowest BCUT2D eigenvalue weighted by molar-refractivity contribution is 0.493. The molecule has 0 fully saturated rings. The van der Waals surface area contributed by atoms with E-state index in [2.05, 4.69) is 15.5 Å². The van der Waals surface area contributed by atoms with Gasteiger partial charge in [0.05, 0.1) is 5.69 Å². The minimum Gasteiger partial charge on any atom is -0.406 e. The van der Waals surface area contributed by atoms with Crippen molar-refractivity contribution in [2.45, 2.75) is 12.3 Å². The number of anilines is 2. The van der Waals surface area contributed by atoms with Crippen LogP contribution >= 0.6 is 11.6 Å². The molecule has 0 radical (unpaired) electrons. The van der Waals surface area contributed by atoms with E-state index in [0.29, 0.717) is 12.1 Å². The smallest absolute Gasteiger partial charge is 0.320 e. The Balaban J connectivity index is 2.25. The first kappa shape index (κ1) is 12.7. The van der Waals surface area contributed by atoms with Crippen LogP contribution in [-0.4, -0.2) is 10.2 Å². The fourth-order valence-electron chi connectivity index (χ4n) is 1.18. The molecule has 1 unspecified atom stereocenters. The van der Waals surface area contributed by atoms with Gasteiger partial charge in [0.2, 0.25) is 5.89 Å². The highest BCUT2D eigenvalue weighted by Crippen LogP contribution is 2.24. The van der Waals surface area contributed by atoms with Crippen LogP contribution in [0.5, 0.6) is 0 Å². The van der Waals surface area contributed by atoms with Gasteiger partial charge in [0.1, 0.15) is 11.2 Å². The fraction of sp³-hybridized carbons (Fsp3) is 0.200. The molecule has 8 heteroatoms. The van der Waals surface area contributed by atoms with Crippen molar-refractivity contribution in [2.75, 3.05) is 5.32 Å². The van der Waals surface area contributed by atoms with E-state index in [1.165, 1.54) is 0 Å². The van der Waals surface area contributed by atoms with Gasteiger partial charge in [-0.15, -0.1) is 16.7 Å². The normalized spacial score (nSPS) is 12.5. The molecule has 1 aromatic carbocycles. The van der Waals surface area contributed by atoms with Crippen molar-refractivity contribution in [3.8, 4) is 0 Å². The molecule has 0 spiro atoms. The monoisotopic (exact) mass is 277 g/mol. The Kier molecular flexibility index (Phi) is 3.42. The molecule has 2 rings (SSSR count). The summed E-state index contributed by atoms with van der Waals surface area (Å²) >= 11 is 5.69. The largest absolute Gasteiger partial charge is 0.406 e. The lowest BCUT2D eigenvalue weighted by Crippen LogP contribution is -1.97. The quantitative estimate of drug-likeness (QED) is 0.689. The minimum atomic E-state index is -1.28. The predicted molar refractivity (Wildman–Crippen MR) is 58.2 cm³/mol. The van der Waals surface area contributed by atoms with Gasteiger partial charge in [-0.2, -0.15) is 0 Å². The first-order valence-electron chi connectivity index (χ1n) is 4.86. The molecule has 0 aliphatic carbocycles. The van der Waals surface area contributed by atoms with Gasteiger partial charge >= 0.3 is 6.01 Å². The van der Waals surface area contributed by atoms with Crippen molar-refractivity contribution in [1.29, 1.82) is 0 Å². The number of halogens is 4. The van der Waals surface area contributed by atoms with Gasteiger partial charge in [-0.3, -0.25) is 0 Å². The van der Waals surface area contributed by atoms with Crippen LogP contribution in [-0.2, 0) is 0 Å². The van der Waals surface area contributed by atoms with Crippen LogP contribution in [0.15, 0.2) is 16.5 Å². The summed E-state index contributed by atoms with van der Waals surface area (Å²) in [5.74, 6) is -3.32. The summed E-state index contributed by atoms with van der Waals surface area (Å²) < 4.78 is 43.9. The molecule has 0 saturated carbocycles. The third-order valence-corrected chi connectivity index (χ3v) is 2.22. The maximum Gasteiger partial charge on any atom is 0.320 e. The fourth-order valence-corrected chi connectivity index (χ4v) is 1.27. The summed E-state index contributed by atoms with van der Waals surface area (Å²) in [6.45, 7) is 1.61. The summed E-state index contributed by atoms with van der Waals surface area (Å²) in [5.41, 5.74) is -0.314. The molecule has 1 N–H and O–H groups in total. The predicted octanol–water partition coefficient (Wildman–Crippen LogP) is 3.53. The molecule has 2 aromatic rings. The molecule has 0 saturated heterocycles. The van der Waals surface area contributed by atoms with E-state index in [1.807, 2.05) is 0 Å². The van der Waals surface area contributed by atoms with Crippen LogP contribution in [0.2, 0.25) is 0 Å². The Morgan fingerprint density at radius 3 is 2.44 bits per heavy atom. The number of rotatable bonds is 3. The van der Waals surface area contributed by atoms with E-state index in [4.69, 9.17) is 16.0 Å². The van der Waals surface area contributed by atoms with Crippen molar-refractivity contribution in [2.24, 2.45) is 0 Å². The lowest BCUT2D eigenvalue weighted by Gasteiger charge is -2.03. The number of hydrogen-bond acceptors (Lipinski definition) is 4. The second-order valence-electron chi connectivity index (χ2n) is 3.43. The average molecular weight is 278 g/mol. The first-order chi connectivity index (χ1) is 8.47. The highest BCUT2D eigenvalue weighted by molar-refractivity contribution is 6.20. The molecule has 1 heterocycles. The van der Waals surface area contributed by atoms with E-state index in [-0.39, 0.29) is 17.6 Å². The summed E-state index contributed by atoms with van der Waals surface area (Å²) in [6, 6.07) is 0.903. The Labute approximate surface area is 105 Å². The Morgan fingerprint density at radius 2 is 1.83 bits per heavy atom. The molecular formula is C10H7ClF3N3O. The number of nitrogens with one attached hydrogen (secondary N) is 1. The zero-order valence-corrected chi connectivity index (χ0v) is 9.80. The molecule has 0 amide bonds. The maximum absolute atomic E-state index is 13.3. The highest BCUT2D eigenvalue weighted by Gasteiger charge is 2.14. The van der Waals surface area contributed by atoms with Crippen LogP contribution in [0.3, 0.4) is 0 Å². The SMILES string of the molecule is CC(Cl)c1nnc(Nc2cc(F)c(F)cc2F)o1. The van der Waals surface area contributed by atoms with Crippen molar-refractivity contribution in [3.05, 3.63) is 35.5 Å². The molecule has 4 nitrogen and oxygen atoms in total. The molecule has 0 aliphatic heterocycles. The van der Waals surface area contributed by atoms with Gasteiger partial charge in [0, 0.05) is 12.1 Å². The lowest BCUT2D eigenvalue weighted by atomic mass is 10.3. The van der Waals surface area contributed by atoms with Crippen molar-refractivity contribution in [1.82, 2.24) is 10.2 Å². The minimum absolute atomic E-state index is 0.127. The Hall–Kier alpha value is -1.76. The number of hydrogen-bond donors (Lipinski definition) is 1. The van der Waals surface area contributed by atoms with Gasteiger partial charge < -0.3 is 9.73 Å². The van der Waals surface area contributed by atoms with E-state index in [0.717, 1.165) is 0 Å². The average Bonchev–Trinajstić information content (AvgIpc) is 2.74. The van der Waals surface area contributed by atoms with Gasteiger partial charge in [0.25, 0.3) is 0 Å². The number of alkyl halides is 1. The van der Waals surface area contributed by atoms with Gasteiger partial charge in [-0.25, -0.2) is 13.2 Å². The van der Waals surface area contributed by atoms with Crippen molar-refractivity contribution >= 4 is 23.3 Å². The molecule has 1 atom stereocenters. The van der Waals surface area contributed by atoms with Crippen LogP contribution in [0.1, 0.15) is 18.2 Å². The van der Waals surface area contributed by atoms with E-state index >= 15 is 0 Å². The van der Waals surface area contributed by atoms with Crippen molar-refractivity contribution < 1.29 is 17.6 Å². The zero-order valence-electron chi connectivity index (χ0n) is 9.05. The summed E-state index contributed by atoms with van der Waals surface area (Å²) in [5, 5.41) is 8.93. The zero-order chi connectivity index (χ0) is 13.3. The number of benzene rings is 1. The molecule has 96 valence electrons. The van der Waals surface area contributed by atoms with Crippen LogP contribution < -0.4 is 5.32 Å². The van der Waals surface area contributed by atoms with Gasteiger partial charge in [-0.1, -0.05) is 5.10 Å². The molecular weight excluding hydrogens is 271 g/mol. The highest BCUT2D eigenvalue weighted by atomic mass is 35.5. The van der Waals surface area contributed by atoms with Crippen LogP contribution in [0.4, 0.5) is 24.9 Å². The Morgan fingerprint density at radius 1 is 1.17 bits per heavy atom.